The van der Waals surface area contributed by atoms with E-state index in [1.807, 2.05) is 26.1 Å². The number of rotatable bonds is 4. The van der Waals surface area contributed by atoms with Gasteiger partial charge in [0, 0.05) is 24.3 Å². The van der Waals surface area contributed by atoms with Crippen molar-refractivity contribution >= 4 is 11.5 Å². The van der Waals surface area contributed by atoms with Gasteiger partial charge in [0.15, 0.2) is 5.78 Å². The molecule has 1 heterocycles. The summed E-state index contributed by atoms with van der Waals surface area (Å²) in [6.45, 7) is 4.17. The Bertz CT molecular complexity index is 405. The van der Waals surface area contributed by atoms with Gasteiger partial charge in [-0.2, -0.15) is 0 Å². The van der Waals surface area contributed by atoms with Crippen LogP contribution in [0.1, 0.15) is 43.0 Å². The van der Waals surface area contributed by atoms with Crippen LogP contribution < -0.4 is 10.2 Å². The Kier molecular flexibility index (Phi) is 4.97. The van der Waals surface area contributed by atoms with Crippen molar-refractivity contribution in [1.29, 1.82) is 0 Å². The van der Waals surface area contributed by atoms with Crippen LogP contribution in [-0.4, -0.2) is 32.0 Å². The molecule has 1 aromatic rings. The van der Waals surface area contributed by atoms with Gasteiger partial charge in [-0.05, 0) is 51.1 Å². The average molecular weight is 260 g/mol. The number of nitrogens with one attached hydrogen (secondary N) is 1. The lowest BCUT2D eigenvalue weighted by Crippen LogP contribution is -2.30. The number of Topliss-reactive ketones (excluding diaryl/α,β-unsaturated/α-hetero) is 1. The highest BCUT2D eigenvalue weighted by atomic mass is 16.1. The molecule has 0 spiro atoms. The molecular weight excluding hydrogens is 236 g/mol. The standard InChI is InChI=1S/C16H24N2O/c1-13(17-2)16(19)14-7-9-15(10-8-14)18-11-5-3-4-6-12-18/h7-10,13,17H,3-6,11-12H2,1-2H3. The summed E-state index contributed by atoms with van der Waals surface area (Å²) in [7, 11) is 1.81. The zero-order valence-electron chi connectivity index (χ0n) is 12.0. The second-order valence-corrected chi connectivity index (χ2v) is 5.32. The van der Waals surface area contributed by atoms with Gasteiger partial charge in [0.05, 0.1) is 6.04 Å². The minimum absolute atomic E-state index is 0.121. The van der Waals surface area contributed by atoms with E-state index >= 15 is 0 Å². The average Bonchev–Trinajstić information content (AvgIpc) is 2.75. The van der Waals surface area contributed by atoms with Gasteiger partial charge in [0.1, 0.15) is 0 Å². The van der Waals surface area contributed by atoms with Crippen LogP contribution in [0.4, 0.5) is 5.69 Å². The Hall–Kier alpha value is -1.35. The molecule has 0 aromatic heterocycles. The number of hydrogen-bond acceptors (Lipinski definition) is 3. The third kappa shape index (κ3) is 3.57. The number of benzene rings is 1. The van der Waals surface area contributed by atoms with E-state index < -0.39 is 0 Å². The number of ketones is 1. The van der Waals surface area contributed by atoms with Crippen molar-refractivity contribution in [2.75, 3.05) is 25.0 Å². The Labute approximate surface area is 116 Å². The van der Waals surface area contributed by atoms with Crippen molar-refractivity contribution in [3.63, 3.8) is 0 Å². The summed E-state index contributed by atoms with van der Waals surface area (Å²) in [4.78, 5) is 14.5. The maximum atomic E-state index is 12.0. The molecule has 3 heteroatoms. The summed E-state index contributed by atoms with van der Waals surface area (Å²) in [5, 5.41) is 2.99. The zero-order chi connectivity index (χ0) is 13.7. The fourth-order valence-electron chi connectivity index (χ4n) is 2.55. The first kappa shape index (κ1) is 14.1. The van der Waals surface area contributed by atoms with Crippen molar-refractivity contribution in [2.24, 2.45) is 0 Å². The third-order valence-electron chi connectivity index (χ3n) is 3.95. The molecular formula is C16H24N2O. The fourth-order valence-corrected chi connectivity index (χ4v) is 2.55. The van der Waals surface area contributed by atoms with Crippen molar-refractivity contribution < 1.29 is 4.79 Å². The molecule has 1 atom stereocenters. The van der Waals surface area contributed by atoms with Crippen LogP contribution in [0.25, 0.3) is 0 Å². The summed E-state index contributed by atoms with van der Waals surface area (Å²) >= 11 is 0. The Balaban J connectivity index is 2.07. The van der Waals surface area contributed by atoms with Crippen LogP contribution in [-0.2, 0) is 0 Å². The van der Waals surface area contributed by atoms with Gasteiger partial charge in [-0.1, -0.05) is 12.8 Å². The lowest BCUT2D eigenvalue weighted by molar-refractivity contribution is 0.0955. The molecule has 0 aliphatic carbocycles. The quantitative estimate of drug-likeness (QED) is 0.845. The third-order valence-corrected chi connectivity index (χ3v) is 3.95. The summed E-state index contributed by atoms with van der Waals surface area (Å²) in [5.74, 6) is 0.157. The molecule has 1 fully saturated rings. The van der Waals surface area contributed by atoms with E-state index in [9.17, 15) is 4.79 Å². The molecule has 1 aromatic carbocycles. The normalized spacial score (nSPS) is 17.9. The van der Waals surface area contributed by atoms with Gasteiger partial charge in [-0.15, -0.1) is 0 Å². The molecule has 1 unspecified atom stereocenters. The second kappa shape index (κ2) is 6.71. The van der Waals surface area contributed by atoms with E-state index in [0.29, 0.717) is 0 Å². The summed E-state index contributed by atoms with van der Waals surface area (Å²) in [6.07, 6.45) is 5.23. The molecule has 1 saturated heterocycles. The molecule has 19 heavy (non-hydrogen) atoms. The molecule has 104 valence electrons. The minimum atomic E-state index is -0.121. The summed E-state index contributed by atoms with van der Waals surface area (Å²) in [5.41, 5.74) is 2.04. The van der Waals surface area contributed by atoms with Crippen molar-refractivity contribution in [3.8, 4) is 0 Å². The molecule has 0 saturated carbocycles. The minimum Gasteiger partial charge on any atom is -0.372 e. The molecule has 0 radical (unpaired) electrons. The number of hydrogen-bond donors (Lipinski definition) is 1. The van der Waals surface area contributed by atoms with E-state index in [4.69, 9.17) is 0 Å². The van der Waals surface area contributed by atoms with Crippen molar-refractivity contribution in [3.05, 3.63) is 29.8 Å². The van der Waals surface area contributed by atoms with Crippen molar-refractivity contribution in [1.82, 2.24) is 5.32 Å². The van der Waals surface area contributed by atoms with E-state index in [-0.39, 0.29) is 11.8 Å². The van der Waals surface area contributed by atoms with E-state index in [0.717, 1.165) is 18.7 Å². The predicted molar refractivity (Wildman–Crippen MR) is 80.0 cm³/mol. The Morgan fingerprint density at radius 1 is 1.11 bits per heavy atom. The van der Waals surface area contributed by atoms with Crippen LogP contribution in [0, 0.1) is 0 Å². The maximum absolute atomic E-state index is 12.0. The first-order valence-corrected chi connectivity index (χ1v) is 7.29. The van der Waals surface area contributed by atoms with Crippen molar-refractivity contribution in [2.45, 2.75) is 38.6 Å². The Morgan fingerprint density at radius 2 is 1.68 bits per heavy atom. The number of nitrogens with zero attached hydrogens (tertiary/aromatic N) is 1. The second-order valence-electron chi connectivity index (χ2n) is 5.32. The number of carbonyl (C=O) groups is 1. The van der Waals surface area contributed by atoms with Gasteiger partial charge in [-0.3, -0.25) is 4.79 Å². The topological polar surface area (TPSA) is 32.3 Å². The number of carbonyl (C=O) groups excluding carboxylic acids is 1. The zero-order valence-corrected chi connectivity index (χ0v) is 12.0. The molecule has 0 amide bonds. The number of anilines is 1. The van der Waals surface area contributed by atoms with Gasteiger partial charge in [-0.25, -0.2) is 0 Å². The monoisotopic (exact) mass is 260 g/mol. The first-order chi connectivity index (χ1) is 9.22. The van der Waals surface area contributed by atoms with Crippen LogP contribution >= 0.6 is 0 Å². The maximum Gasteiger partial charge on any atom is 0.179 e. The lowest BCUT2D eigenvalue weighted by atomic mass is 10.0. The summed E-state index contributed by atoms with van der Waals surface area (Å²) in [6, 6.07) is 7.96. The van der Waals surface area contributed by atoms with Gasteiger partial charge in [0.2, 0.25) is 0 Å². The highest BCUT2D eigenvalue weighted by Crippen LogP contribution is 2.20. The molecule has 1 aliphatic heterocycles. The van der Waals surface area contributed by atoms with Crippen LogP contribution in [0.3, 0.4) is 0 Å². The van der Waals surface area contributed by atoms with Crippen LogP contribution in [0.15, 0.2) is 24.3 Å². The molecule has 0 bridgehead atoms. The van der Waals surface area contributed by atoms with Crippen LogP contribution in [0.5, 0.6) is 0 Å². The predicted octanol–water partition coefficient (Wildman–Crippen LogP) is 2.86. The highest BCUT2D eigenvalue weighted by Gasteiger charge is 2.14. The van der Waals surface area contributed by atoms with E-state index in [1.165, 1.54) is 31.4 Å². The van der Waals surface area contributed by atoms with E-state index in [2.05, 4.69) is 22.3 Å². The van der Waals surface area contributed by atoms with Gasteiger partial charge >= 0.3 is 0 Å². The van der Waals surface area contributed by atoms with Crippen LogP contribution in [0.2, 0.25) is 0 Å². The van der Waals surface area contributed by atoms with E-state index in [1.54, 1.807) is 0 Å². The van der Waals surface area contributed by atoms with Gasteiger partial charge in [0.25, 0.3) is 0 Å². The smallest absolute Gasteiger partial charge is 0.179 e. The lowest BCUT2D eigenvalue weighted by Gasteiger charge is -2.22. The highest BCUT2D eigenvalue weighted by molar-refractivity contribution is 6.00. The Morgan fingerprint density at radius 3 is 2.21 bits per heavy atom. The number of likely N-dealkylation sites (N-methyl/N-ethyl adjacent to an activating group) is 1. The fraction of sp³-hybridized carbons (Fsp3) is 0.562. The molecule has 2 rings (SSSR count). The largest absolute Gasteiger partial charge is 0.372 e. The first-order valence-electron chi connectivity index (χ1n) is 7.29. The summed E-state index contributed by atoms with van der Waals surface area (Å²) < 4.78 is 0. The SMILES string of the molecule is CNC(C)C(=O)c1ccc(N2CCCCCC2)cc1. The molecule has 3 nitrogen and oxygen atoms in total. The molecule has 1 N–H and O–H groups in total. The molecule has 1 aliphatic rings. The van der Waals surface area contributed by atoms with Gasteiger partial charge < -0.3 is 10.2 Å².